The number of aliphatic hydroxyl groups excluding tert-OH is 4. The van der Waals surface area contributed by atoms with E-state index in [1.165, 1.54) is 14.0 Å². The molecule has 41 heavy (non-hydrogen) atoms. The predicted molar refractivity (Wildman–Crippen MR) is 143 cm³/mol. The minimum absolute atomic E-state index is 0.00876. The maximum absolute atomic E-state index is 12.2. The average molecular weight is 578 g/mol. The number of carbonyl (C=O) groups excluding carboxylic acids is 1. The predicted octanol–water partition coefficient (Wildman–Crippen LogP) is -0.150. The molecule has 0 spiro atoms. The van der Waals surface area contributed by atoms with Gasteiger partial charge in [-0.05, 0) is 11.1 Å². The first kappa shape index (κ1) is 31.4. The van der Waals surface area contributed by atoms with Crippen LogP contribution in [0.3, 0.4) is 0 Å². The SMILES string of the molecule is CO[C@@H]1O[C@H](COCc2ccccc2)[C@@H](O[C@@H]2O[C@H](CO)[C@H](O)[C@@H](O)[C@@H]2O)[C@H](OCc2ccccc2)[C@H]1NC(C)=O. The van der Waals surface area contributed by atoms with Crippen molar-refractivity contribution in [3.63, 3.8) is 0 Å². The van der Waals surface area contributed by atoms with E-state index in [4.69, 9.17) is 28.4 Å². The van der Waals surface area contributed by atoms with Crippen molar-refractivity contribution in [3.05, 3.63) is 71.8 Å². The van der Waals surface area contributed by atoms with Crippen molar-refractivity contribution in [2.75, 3.05) is 20.3 Å². The van der Waals surface area contributed by atoms with Crippen LogP contribution >= 0.6 is 0 Å². The zero-order valence-electron chi connectivity index (χ0n) is 23.0. The fourth-order valence-corrected chi connectivity index (χ4v) is 4.96. The Bertz CT molecular complexity index is 1060. The van der Waals surface area contributed by atoms with Crippen LogP contribution in [0.2, 0.25) is 0 Å². The van der Waals surface area contributed by atoms with Crippen molar-refractivity contribution in [2.45, 2.75) is 81.5 Å². The summed E-state index contributed by atoms with van der Waals surface area (Å²) in [5, 5.41) is 43.8. The molecule has 12 nitrogen and oxygen atoms in total. The summed E-state index contributed by atoms with van der Waals surface area (Å²) in [6.07, 6.45) is -11.3. The van der Waals surface area contributed by atoms with E-state index in [1.54, 1.807) is 0 Å². The number of benzene rings is 2. The number of aliphatic hydroxyl groups is 4. The van der Waals surface area contributed by atoms with Crippen molar-refractivity contribution in [3.8, 4) is 0 Å². The number of amides is 1. The van der Waals surface area contributed by atoms with Gasteiger partial charge in [-0.25, -0.2) is 0 Å². The van der Waals surface area contributed by atoms with Gasteiger partial charge in [0.25, 0.3) is 0 Å². The molecule has 0 radical (unpaired) electrons. The van der Waals surface area contributed by atoms with Gasteiger partial charge in [0, 0.05) is 14.0 Å². The molecule has 10 atom stereocenters. The molecule has 2 heterocycles. The molecule has 0 bridgehead atoms. The molecule has 2 aliphatic rings. The van der Waals surface area contributed by atoms with E-state index in [-0.39, 0.29) is 25.7 Å². The van der Waals surface area contributed by atoms with E-state index in [2.05, 4.69) is 5.32 Å². The largest absolute Gasteiger partial charge is 0.394 e. The molecule has 0 aliphatic carbocycles. The molecule has 1 amide bonds. The number of hydrogen-bond acceptors (Lipinski definition) is 11. The summed E-state index contributed by atoms with van der Waals surface area (Å²) in [5.41, 5.74) is 1.80. The lowest BCUT2D eigenvalue weighted by atomic mass is 9.95. The van der Waals surface area contributed by atoms with E-state index >= 15 is 0 Å². The Labute approximate surface area is 238 Å². The van der Waals surface area contributed by atoms with Gasteiger partial charge in [-0.3, -0.25) is 4.79 Å². The molecule has 2 aromatic carbocycles. The van der Waals surface area contributed by atoms with Crippen molar-refractivity contribution < 1.29 is 53.6 Å². The highest BCUT2D eigenvalue weighted by atomic mass is 16.7. The second-order valence-corrected chi connectivity index (χ2v) is 10.1. The van der Waals surface area contributed by atoms with Crippen LogP contribution in [0.4, 0.5) is 0 Å². The minimum atomic E-state index is -1.66. The molecular formula is C29H39NO11. The molecule has 2 aromatic rings. The lowest BCUT2D eigenvalue weighted by Crippen LogP contribution is -2.68. The number of ether oxygens (including phenoxy) is 6. The van der Waals surface area contributed by atoms with Gasteiger partial charge in [0.1, 0.15) is 48.8 Å². The summed E-state index contributed by atoms with van der Waals surface area (Å²) in [6.45, 7) is 1.15. The van der Waals surface area contributed by atoms with Gasteiger partial charge in [-0.1, -0.05) is 60.7 Å². The van der Waals surface area contributed by atoms with Gasteiger partial charge < -0.3 is 54.2 Å². The van der Waals surface area contributed by atoms with Gasteiger partial charge in [0.05, 0.1) is 26.4 Å². The van der Waals surface area contributed by atoms with E-state index in [0.717, 1.165) is 11.1 Å². The summed E-state index contributed by atoms with van der Waals surface area (Å²) in [5.74, 6) is -0.362. The highest BCUT2D eigenvalue weighted by Crippen LogP contribution is 2.32. The van der Waals surface area contributed by atoms with Crippen LogP contribution in [0, 0.1) is 0 Å². The fraction of sp³-hybridized carbons (Fsp3) is 0.552. The van der Waals surface area contributed by atoms with Crippen LogP contribution in [0.5, 0.6) is 0 Å². The number of rotatable bonds is 12. The summed E-state index contributed by atoms with van der Waals surface area (Å²) >= 11 is 0. The fourth-order valence-electron chi connectivity index (χ4n) is 4.96. The molecule has 2 fully saturated rings. The Morgan fingerprint density at radius 3 is 2.02 bits per heavy atom. The van der Waals surface area contributed by atoms with Gasteiger partial charge >= 0.3 is 0 Å². The highest BCUT2D eigenvalue weighted by molar-refractivity contribution is 5.73. The molecule has 0 aromatic heterocycles. The van der Waals surface area contributed by atoms with Crippen LogP contribution < -0.4 is 5.32 Å². The Hall–Kier alpha value is -2.49. The van der Waals surface area contributed by atoms with E-state index in [9.17, 15) is 25.2 Å². The standard InChI is InChI=1S/C29H39NO11/c1-17(32)30-22-27(38-15-19-11-7-4-8-12-19)26(41-29-25(35)24(34)23(33)20(13-31)39-29)21(40-28(22)36-2)16-37-14-18-9-5-3-6-10-18/h3-12,20-29,31,33-35H,13-16H2,1-2H3,(H,30,32)/t20-,21-,22-,23+,24-,25+,26-,27-,28-,29+/m1/s1. The van der Waals surface area contributed by atoms with Gasteiger partial charge in [0.2, 0.25) is 5.91 Å². The first-order valence-corrected chi connectivity index (χ1v) is 13.5. The quantitative estimate of drug-likeness (QED) is 0.228. The molecule has 0 unspecified atom stereocenters. The van der Waals surface area contributed by atoms with Gasteiger partial charge in [-0.2, -0.15) is 0 Å². The average Bonchev–Trinajstić information content (AvgIpc) is 2.98. The Morgan fingerprint density at radius 2 is 1.44 bits per heavy atom. The number of methoxy groups -OCH3 is 1. The second kappa shape index (κ2) is 15.1. The molecule has 4 rings (SSSR count). The molecule has 12 heteroatoms. The van der Waals surface area contributed by atoms with Crippen molar-refractivity contribution in [1.29, 1.82) is 0 Å². The maximum Gasteiger partial charge on any atom is 0.217 e. The third-order valence-electron chi connectivity index (χ3n) is 7.07. The number of hydrogen-bond donors (Lipinski definition) is 5. The summed E-state index contributed by atoms with van der Waals surface area (Å²) in [4.78, 5) is 12.2. The van der Waals surface area contributed by atoms with Crippen LogP contribution in [0.1, 0.15) is 18.1 Å². The Balaban J connectivity index is 1.62. The molecular weight excluding hydrogens is 538 g/mol. The van der Waals surface area contributed by atoms with Crippen molar-refractivity contribution in [2.24, 2.45) is 0 Å². The Morgan fingerprint density at radius 1 is 0.829 bits per heavy atom. The van der Waals surface area contributed by atoms with Crippen LogP contribution in [-0.2, 0) is 46.4 Å². The first-order valence-electron chi connectivity index (χ1n) is 13.5. The normalized spacial score (nSPS) is 33.8. The van der Waals surface area contributed by atoms with E-state index in [1.807, 2.05) is 60.7 Å². The Kier molecular flexibility index (Phi) is 11.6. The molecule has 0 saturated carbocycles. The van der Waals surface area contributed by atoms with Crippen LogP contribution in [-0.4, -0.2) is 108 Å². The lowest BCUT2D eigenvalue weighted by molar-refractivity contribution is -0.351. The topological polar surface area (TPSA) is 165 Å². The van der Waals surface area contributed by atoms with Crippen molar-refractivity contribution >= 4 is 5.91 Å². The summed E-state index contributed by atoms with van der Waals surface area (Å²) in [7, 11) is 1.44. The lowest BCUT2D eigenvalue weighted by Gasteiger charge is -2.48. The summed E-state index contributed by atoms with van der Waals surface area (Å²) < 4.78 is 36.0. The zero-order valence-corrected chi connectivity index (χ0v) is 23.0. The number of nitrogens with one attached hydrogen (secondary N) is 1. The van der Waals surface area contributed by atoms with Gasteiger partial charge in [0.15, 0.2) is 12.6 Å². The van der Waals surface area contributed by atoms with Gasteiger partial charge in [-0.15, -0.1) is 0 Å². The van der Waals surface area contributed by atoms with E-state index < -0.39 is 68.0 Å². The minimum Gasteiger partial charge on any atom is -0.394 e. The third kappa shape index (κ3) is 8.08. The smallest absolute Gasteiger partial charge is 0.217 e. The second-order valence-electron chi connectivity index (χ2n) is 10.1. The highest BCUT2D eigenvalue weighted by Gasteiger charge is 2.52. The maximum atomic E-state index is 12.2. The monoisotopic (exact) mass is 577 g/mol. The first-order chi connectivity index (χ1) is 19.8. The van der Waals surface area contributed by atoms with Crippen LogP contribution in [0.25, 0.3) is 0 Å². The molecule has 5 N–H and O–H groups in total. The summed E-state index contributed by atoms with van der Waals surface area (Å²) in [6, 6.07) is 18.1. The molecule has 226 valence electrons. The molecule has 2 aliphatic heterocycles. The third-order valence-corrected chi connectivity index (χ3v) is 7.07. The van der Waals surface area contributed by atoms with Crippen molar-refractivity contribution in [1.82, 2.24) is 5.32 Å². The van der Waals surface area contributed by atoms with E-state index in [0.29, 0.717) is 0 Å². The molecule has 2 saturated heterocycles. The van der Waals surface area contributed by atoms with Crippen LogP contribution in [0.15, 0.2) is 60.7 Å². The number of carbonyl (C=O) groups is 1. The zero-order chi connectivity index (χ0) is 29.4.